The fraction of sp³-hybridized carbons (Fsp3) is 0.400. The van der Waals surface area contributed by atoms with Gasteiger partial charge in [-0.2, -0.15) is 5.26 Å². The van der Waals surface area contributed by atoms with Crippen molar-refractivity contribution >= 4 is 0 Å². The highest BCUT2D eigenvalue weighted by molar-refractivity contribution is 5.28. The molecule has 0 spiro atoms. The first-order valence-electron chi connectivity index (χ1n) is 4.30. The van der Waals surface area contributed by atoms with Crippen LogP contribution in [0.3, 0.4) is 0 Å². The van der Waals surface area contributed by atoms with Gasteiger partial charge in [-0.15, -0.1) is 0 Å². The summed E-state index contributed by atoms with van der Waals surface area (Å²) in [5, 5.41) is 17.6. The number of pyridine rings is 1. The number of nitriles is 1. The number of aliphatic hydroxyl groups excluding tert-OH is 1. The van der Waals surface area contributed by atoms with Crippen molar-refractivity contribution < 1.29 is 9.84 Å². The van der Waals surface area contributed by atoms with E-state index in [2.05, 4.69) is 4.98 Å². The molecule has 0 saturated carbocycles. The van der Waals surface area contributed by atoms with Crippen molar-refractivity contribution in [3.8, 4) is 6.07 Å². The first-order valence-corrected chi connectivity index (χ1v) is 4.30. The third-order valence-corrected chi connectivity index (χ3v) is 1.91. The Labute approximate surface area is 82.8 Å². The Balaban J connectivity index is 2.89. The molecule has 0 aliphatic heterocycles. The second-order valence-corrected chi connectivity index (χ2v) is 2.82. The summed E-state index contributed by atoms with van der Waals surface area (Å²) >= 11 is 0. The summed E-state index contributed by atoms with van der Waals surface area (Å²) in [6, 6.07) is 5.38. The van der Waals surface area contributed by atoms with Crippen molar-refractivity contribution in [2.75, 3.05) is 13.7 Å². The second-order valence-electron chi connectivity index (χ2n) is 2.82. The molecular formula is C10H12N2O2. The zero-order chi connectivity index (χ0) is 10.4. The number of rotatable bonds is 4. The lowest BCUT2D eigenvalue weighted by molar-refractivity contribution is 0.201. The van der Waals surface area contributed by atoms with Gasteiger partial charge in [0.05, 0.1) is 18.9 Å². The third kappa shape index (κ3) is 2.52. The normalized spacial score (nSPS) is 9.79. The minimum absolute atomic E-state index is 0.144. The first kappa shape index (κ1) is 10.6. The Morgan fingerprint density at radius 2 is 2.36 bits per heavy atom. The Kier molecular flexibility index (Phi) is 4.05. The average Bonchev–Trinajstić information content (AvgIpc) is 2.26. The lowest BCUT2D eigenvalue weighted by Crippen LogP contribution is -2.03. The molecule has 1 aromatic heterocycles. The summed E-state index contributed by atoms with van der Waals surface area (Å²) in [5.41, 5.74) is 1.81. The molecule has 0 fully saturated rings. The van der Waals surface area contributed by atoms with Crippen molar-refractivity contribution in [3.05, 3.63) is 29.1 Å². The maximum Gasteiger partial charge on any atom is 0.140 e. The van der Waals surface area contributed by atoms with E-state index in [0.29, 0.717) is 24.4 Å². The van der Waals surface area contributed by atoms with Gasteiger partial charge in [-0.05, 0) is 18.1 Å². The predicted octanol–water partition coefficient (Wildman–Crippen LogP) is 0.634. The van der Waals surface area contributed by atoms with Crippen LogP contribution in [-0.4, -0.2) is 23.8 Å². The molecule has 4 nitrogen and oxygen atoms in total. The van der Waals surface area contributed by atoms with E-state index < -0.39 is 0 Å². The molecule has 1 heterocycles. The van der Waals surface area contributed by atoms with E-state index in [9.17, 15) is 0 Å². The molecule has 0 atom stereocenters. The summed E-state index contributed by atoms with van der Waals surface area (Å²) in [4.78, 5) is 4.00. The molecule has 74 valence electrons. The number of hydrogen-bond donors (Lipinski definition) is 1. The van der Waals surface area contributed by atoms with Crippen molar-refractivity contribution in [1.29, 1.82) is 5.26 Å². The van der Waals surface area contributed by atoms with Crippen LogP contribution in [0.5, 0.6) is 0 Å². The molecule has 1 aromatic rings. The lowest BCUT2D eigenvalue weighted by Gasteiger charge is -2.05. The third-order valence-electron chi connectivity index (χ3n) is 1.91. The lowest BCUT2D eigenvalue weighted by atomic mass is 10.1. The summed E-state index contributed by atoms with van der Waals surface area (Å²) in [5.74, 6) is 0. The molecule has 0 unspecified atom stereocenters. The molecule has 0 amide bonds. The highest BCUT2D eigenvalue weighted by Gasteiger charge is 2.04. The minimum atomic E-state index is -0.144. The quantitative estimate of drug-likeness (QED) is 0.760. The van der Waals surface area contributed by atoms with Crippen molar-refractivity contribution in [3.63, 3.8) is 0 Å². The minimum Gasteiger partial charge on any atom is -0.390 e. The SMILES string of the molecule is COCCc1ccc(C#N)nc1CO. The van der Waals surface area contributed by atoms with Gasteiger partial charge in [-0.25, -0.2) is 4.98 Å². The van der Waals surface area contributed by atoms with Crippen LogP contribution >= 0.6 is 0 Å². The van der Waals surface area contributed by atoms with Crippen LogP contribution in [0.2, 0.25) is 0 Å². The predicted molar refractivity (Wildman–Crippen MR) is 50.5 cm³/mol. The maximum absolute atomic E-state index is 9.03. The van der Waals surface area contributed by atoms with Crippen molar-refractivity contribution in [2.24, 2.45) is 0 Å². The van der Waals surface area contributed by atoms with Gasteiger partial charge in [-0.3, -0.25) is 0 Å². The Morgan fingerprint density at radius 1 is 1.57 bits per heavy atom. The van der Waals surface area contributed by atoms with Crippen LogP contribution in [0.15, 0.2) is 12.1 Å². The number of methoxy groups -OCH3 is 1. The number of aromatic nitrogens is 1. The molecule has 0 bridgehead atoms. The van der Waals surface area contributed by atoms with E-state index in [-0.39, 0.29) is 6.61 Å². The Morgan fingerprint density at radius 3 is 2.93 bits per heavy atom. The molecule has 0 aromatic carbocycles. The zero-order valence-electron chi connectivity index (χ0n) is 8.03. The number of hydrogen-bond acceptors (Lipinski definition) is 4. The van der Waals surface area contributed by atoms with Gasteiger partial charge in [0.1, 0.15) is 11.8 Å². The number of aliphatic hydroxyl groups is 1. The van der Waals surface area contributed by atoms with Gasteiger partial charge in [0.25, 0.3) is 0 Å². The van der Waals surface area contributed by atoms with E-state index in [4.69, 9.17) is 15.1 Å². The summed E-state index contributed by atoms with van der Waals surface area (Å²) < 4.78 is 4.93. The van der Waals surface area contributed by atoms with Crippen LogP contribution in [0.25, 0.3) is 0 Å². The van der Waals surface area contributed by atoms with Gasteiger partial charge < -0.3 is 9.84 Å². The van der Waals surface area contributed by atoms with Crippen LogP contribution in [0.1, 0.15) is 17.0 Å². The van der Waals surface area contributed by atoms with E-state index in [0.717, 1.165) is 5.56 Å². The fourth-order valence-corrected chi connectivity index (χ4v) is 1.17. The van der Waals surface area contributed by atoms with Crippen LogP contribution in [-0.2, 0) is 17.8 Å². The molecular weight excluding hydrogens is 180 g/mol. The van der Waals surface area contributed by atoms with Crippen molar-refractivity contribution in [2.45, 2.75) is 13.0 Å². The molecule has 4 heteroatoms. The highest BCUT2D eigenvalue weighted by atomic mass is 16.5. The molecule has 0 aliphatic rings. The van der Waals surface area contributed by atoms with E-state index in [1.807, 2.05) is 6.07 Å². The smallest absolute Gasteiger partial charge is 0.140 e. The standard InChI is InChI=1S/C10H12N2O2/c1-14-5-4-8-2-3-9(6-11)12-10(8)7-13/h2-3,13H,4-5,7H2,1H3. The molecule has 0 radical (unpaired) electrons. The average molecular weight is 192 g/mol. The Bertz CT molecular complexity index is 344. The summed E-state index contributed by atoms with van der Waals surface area (Å²) in [7, 11) is 1.62. The number of nitrogens with zero attached hydrogens (tertiary/aromatic N) is 2. The van der Waals surface area contributed by atoms with Crippen molar-refractivity contribution in [1.82, 2.24) is 4.98 Å². The molecule has 1 rings (SSSR count). The van der Waals surface area contributed by atoms with E-state index in [1.165, 1.54) is 0 Å². The van der Waals surface area contributed by atoms with E-state index in [1.54, 1.807) is 19.2 Å². The van der Waals surface area contributed by atoms with Gasteiger partial charge in [0, 0.05) is 7.11 Å². The second kappa shape index (κ2) is 5.32. The Hall–Kier alpha value is -1.44. The topological polar surface area (TPSA) is 66.1 Å². The van der Waals surface area contributed by atoms with Gasteiger partial charge in [0.15, 0.2) is 0 Å². The van der Waals surface area contributed by atoms with Crippen LogP contribution in [0.4, 0.5) is 0 Å². The summed E-state index contributed by atoms with van der Waals surface area (Å²) in [6.45, 7) is 0.440. The first-order chi connectivity index (χ1) is 6.81. The largest absolute Gasteiger partial charge is 0.390 e. The van der Waals surface area contributed by atoms with Gasteiger partial charge in [-0.1, -0.05) is 6.07 Å². The van der Waals surface area contributed by atoms with Gasteiger partial charge in [0.2, 0.25) is 0 Å². The summed E-state index contributed by atoms with van der Waals surface area (Å²) in [6.07, 6.45) is 0.700. The zero-order valence-corrected chi connectivity index (χ0v) is 8.03. The van der Waals surface area contributed by atoms with Crippen LogP contribution in [0, 0.1) is 11.3 Å². The van der Waals surface area contributed by atoms with E-state index >= 15 is 0 Å². The fourth-order valence-electron chi connectivity index (χ4n) is 1.17. The maximum atomic E-state index is 9.03. The highest BCUT2D eigenvalue weighted by Crippen LogP contribution is 2.08. The monoisotopic (exact) mass is 192 g/mol. The molecule has 0 aliphatic carbocycles. The molecule has 0 saturated heterocycles. The molecule has 14 heavy (non-hydrogen) atoms. The number of ether oxygens (including phenoxy) is 1. The van der Waals surface area contributed by atoms with Crippen LogP contribution < -0.4 is 0 Å². The van der Waals surface area contributed by atoms with Gasteiger partial charge >= 0.3 is 0 Å². The molecule has 1 N–H and O–H groups in total.